The Labute approximate surface area is 117 Å². The molecule has 0 atom stereocenters. The minimum atomic E-state index is 0.642. The molecular weight excluding hydrogens is 260 g/mol. The van der Waals surface area contributed by atoms with Gasteiger partial charge in [0.25, 0.3) is 0 Å². The molecule has 2 aromatic rings. The summed E-state index contributed by atoms with van der Waals surface area (Å²) < 4.78 is 0. The summed E-state index contributed by atoms with van der Waals surface area (Å²) >= 11 is 5.88. The van der Waals surface area contributed by atoms with Crippen LogP contribution < -0.4 is 5.48 Å². The predicted octanol–water partition coefficient (Wildman–Crippen LogP) is 3.88. The molecule has 4 heteroatoms. The van der Waals surface area contributed by atoms with Crippen LogP contribution >= 0.6 is 11.6 Å². The van der Waals surface area contributed by atoms with Gasteiger partial charge in [0, 0.05) is 10.6 Å². The number of amidine groups is 1. The first-order valence-corrected chi connectivity index (χ1v) is 6.27. The van der Waals surface area contributed by atoms with Crippen LogP contribution in [0.3, 0.4) is 0 Å². The van der Waals surface area contributed by atoms with Gasteiger partial charge in [0.1, 0.15) is 0 Å². The quantitative estimate of drug-likeness (QED) is 0.524. The standard InChI is InChI=1S/C15H15ClN2O/c1-11-3-9-14(10-4-11)17-15(18-19-2)12-5-7-13(16)8-6-12/h3-10H,1-2H3,(H,17,18). The monoisotopic (exact) mass is 274 g/mol. The van der Waals surface area contributed by atoms with Crippen molar-refractivity contribution in [2.75, 3.05) is 7.11 Å². The van der Waals surface area contributed by atoms with Gasteiger partial charge in [-0.2, -0.15) is 0 Å². The zero-order valence-electron chi connectivity index (χ0n) is 10.9. The summed E-state index contributed by atoms with van der Waals surface area (Å²) in [4.78, 5) is 9.50. The van der Waals surface area contributed by atoms with Crippen LogP contribution in [0.25, 0.3) is 0 Å². The lowest BCUT2D eigenvalue weighted by Crippen LogP contribution is -2.22. The highest BCUT2D eigenvalue weighted by atomic mass is 35.5. The first-order chi connectivity index (χ1) is 9.19. The Balaban J connectivity index is 2.33. The topological polar surface area (TPSA) is 33.6 Å². The van der Waals surface area contributed by atoms with Crippen LogP contribution in [-0.4, -0.2) is 12.9 Å². The summed E-state index contributed by atoms with van der Waals surface area (Å²) in [6.45, 7) is 2.04. The maximum atomic E-state index is 5.88. The Hall–Kier alpha value is -1.84. The van der Waals surface area contributed by atoms with E-state index in [2.05, 4.69) is 10.5 Å². The molecule has 0 aliphatic heterocycles. The Morgan fingerprint density at radius 1 is 1.05 bits per heavy atom. The number of hydrogen-bond donors (Lipinski definition) is 1. The minimum absolute atomic E-state index is 0.642. The Morgan fingerprint density at radius 3 is 2.26 bits per heavy atom. The normalized spacial score (nSPS) is 11.4. The molecule has 1 N–H and O–H groups in total. The zero-order valence-corrected chi connectivity index (χ0v) is 11.6. The van der Waals surface area contributed by atoms with Gasteiger partial charge in [-0.3, -0.25) is 4.84 Å². The second kappa shape index (κ2) is 6.36. The van der Waals surface area contributed by atoms with Gasteiger partial charge >= 0.3 is 0 Å². The van der Waals surface area contributed by atoms with E-state index < -0.39 is 0 Å². The summed E-state index contributed by atoms with van der Waals surface area (Å²) in [5.41, 5.74) is 5.76. The fourth-order valence-corrected chi connectivity index (χ4v) is 1.73. The smallest absolute Gasteiger partial charge is 0.157 e. The molecule has 0 saturated carbocycles. The SMILES string of the molecule is CONC(=Nc1ccc(C)cc1)c1ccc(Cl)cc1. The van der Waals surface area contributed by atoms with Crippen molar-refractivity contribution in [1.29, 1.82) is 0 Å². The molecule has 2 rings (SSSR count). The second-order valence-corrected chi connectivity index (χ2v) is 4.55. The number of nitrogens with one attached hydrogen (secondary N) is 1. The van der Waals surface area contributed by atoms with E-state index in [0.29, 0.717) is 10.9 Å². The molecule has 0 fully saturated rings. The molecular formula is C15H15ClN2O. The molecule has 0 unspecified atom stereocenters. The van der Waals surface area contributed by atoms with Crippen LogP contribution in [0, 0.1) is 6.92 Å². The Bertz CT molecular complexity index is 562. The van der Waals surface area contributed by atoms with Crippen molar-refractivity contribution in [3.05, 3.63) is 64.7 Å². The molecule has 0 radical (unpaired) electrons. The maximum absolute atomic E-state index is 5.88. The van der Waals surface area contributed by atoms with Crippen molar-refractivity contribution in [3.8, 4) is 0 Å². The number of aryl methyl sites for hydroxylation is 1. The van der Waals surface area contributed by atoms with E-state index in [-0.39, 0.29) is 0 Å². The molecule has 0 bridgehead atoms. The molecule has 2 aromatic carbocycles. The van der Waals surface area contributed by atoms with Crippen molar-refractivity contribution in [2.24, 2.45) is 4.99 Å². The summed E-state index contributed by atoms with van der Waals surface area (Å²) in [6.07, 6.45) is 0. The van der Waals surface area contributed by atoms with Crippen LogP contribution in [0.5, 0.6) is 0 Å². The molecule has 0 aromatic heterocycles. The highest BCUT2D eigenvalue weighted by molar-refractivity contribution is 6.30. The third-order valence-corrected chi connectivity index (χ3v) is 2.84. The molecule has 0 spiro atoms. The summed E-state index contributed by atoms with van der Waals surface area (Å²) in [7, 11) is 1.56. The maximum Gasteiger partial charge on any atom is 0.157 e. The van der Waals surface area contributed by atoms with Crippen LogP contribution in [0.4, 0.5) is 5.69 Å². The molecule has 0 heterocycles. The number of rotatable bonds is 3. The zero-order chi connectivity index (χ0) is 13.7. The van der Waals surface area contributed by atoms with Gasteiger partial charge < -0.3 is 0 Å². The second-order valence-electron chi connectivity index (χ2n) is 4.11. The molecule has 19 heavy (non-hydrogen) atoms. The van der Waals surface area contributed by atoms with Crippen LogP contribution in [-0.2, 0) is 4.84 Å². The van der Waals surface area contributed by atoms with Gasteiger partial charge in [-0.25, -0.2) is 10.5 Å². The van der Waals surface area contributed by atoms with Gasteiger partial charge in [0.05, 0.1) is 12.8 Å². The van der Waals surface area contributed by atoms with E-state index in [1.807, 2.05) is 55.5 Å². The fourth-order valence-electron chi connectivity index (χ4n) is 1.60. The van der Waals surface area contributed by atoms with Gasteiger partial charge in [-0.1, -0.05) is 29.3 Å². The Kier molecular flexibility index (Phi) is 4.55. The van der Waals surface area contributed by atoms with E-state index in [9.17, 15) is 0 Å². The van der Waals surface area contributed by atoms with E-state index in [4.69, 9.17) is 16.4 Å². The number of nitrogens with zero attached hydrogens (tertiary/aromatic N) is 1. The van der Waals surface area contributed by atoms with Gasteiger partial charge in [-0.15, -0.1) is 0 Å². The third kappa shape index (κ3) is 3.81. The molecule has 3 nitrogen and oxygen atoms in total. The van der Waals surface area contributed by atoms with Crippen LogP contribution in [0.1, 0.15) is 11.1 Å². The molecule has 0 aliphatic rings. The molecule has 98 valence electrons. The van der Waals surface area contributed by atoms with Crippen molar-refractivity contribution >= 4 is 23.1 Å². The summed E-state index contributed by atoms with van der Waals surface area (Å²) in [5.74, 6) is 0.642. The highest BCUT2D eigenvalue weighted by Gasteiger charge is 2.03. The lowest BCUT2D eigenvalue weighted by atomic mass is 10.2. The number of halogens is 1. The largest absolute Gasteiger partial charge is 0.278 e. The van der Waals surface area contributed by atoms with Crippen LogP contribution in [0.2, 0.25) is 5.02 Å². The molecule has 0 amide bonds. The molecule has 0 aliphatic carbocycles. The number of hydrogen-bond acceptors (Lipinski definition) is 2. The average Bonchev–Trinajstić information content (AvgIpc) is 2.42. The third-order valence-electron chi connectivity index (χ3n) is 2.59. The predicted molar refractivity (Wildman–Crippen MR) is 79.0 cm³/mol. The van der Waals surface area contributed by atoms with Crippen LogP contribution in [0.15, 0.2) is 53.5 Å². The first kappa shape index (κ1) is 13.6. The van der Waals surface area contributed by atoms with E-state index >= 15 is 0 Å². The van der Waals surface area contributed by atoms with Crippen molar-refractivity contribution < 1.29 is 4.84 Å². The lowest BCUT2D eigenvalue weighted by Gasteiger charge is -2.08. The average molecular weight is 275 g/mol. The van der Waals surface area contributed by atoms with Gasteiger partial charge in [-0.05, 0) is 43.3 Å². The number of aliphatic imine (C=N–C) groups is 1. The first-order valence-electron chi connectivity index (χ1n) is 5.89. The summed E-state index contributed by atoms with van der Waals surface area (Å²) in [6, 6.07) is 15.4. The van der Waals surface area contributed by atoms with Gasteiger partial charge in [0.15, 0.2) is 5.84 Å². The number of hydroxylamine groups is 1. The Morgan fingerprint density at radius 2 is 1.68 bits per heavy atom. The fraction of sp³-hybridized carbons (Fsp3) is 0.133. The highest BCUT2D eigenvalue weighted by Crippen LogP contribution is 2.15. The van der Waals surface area contributed by atoms with E-state index in [0.717, 1.165) is 11.3 Å². The lowest BCUT2D eigenvalue weighted by molar-refractivity contribution is 0.145. The van der Waals surface area contributed by atoms with Gasteiger partial charge in [0.2, 0.25) is 0 Å². The van der Waals surface area contributed by atoms with E-state index in [1.54, 1.807) is 7.11 Å². The van der Waals surface area contributed by atoms with E-state index in [1.165, 1.54) is 5.56 Å². The van der Waals surface area contributed by atoms with Crippen molar-refractivity contribution in [1.82, 2.24) is 5.48 Å². The summed E-state index contributed by atoms with van der Waals surface area (Å²) in [5, 5.41) is 0.691. The van der Waals surface area contributed by atoms with Crippen molar-refractivity contribution in [3.63, 3.8) is 0 Å². The minimum Gasteiger partial charge on any atom is -0.278 e. The van der Waals surface area contributed by atoms with Crippen molar-refractivity contribution in [2.45, 2.75) is 6.92 Å². The number of benzene rings is 2. The molecule has 0 saturated heterocycles.